The van der Waals surface area contributed by atoms with Gasteiger partial charge in [0.1, 0.15) is 5.75 Å². The second kappa shape index (κ2) is 9.65. The van der Waals surface area contributed by atoms with Crippen molar-refractivity contribution in [3.63, 3.8) is 0 Å². The average molecular weight is 460 g/mol. The fourth-order valence-corrected chi connectivity index (χ4v) is 5.52. The van der Waals surface area contributed by atoms with E-state index in [-0.39, 0.29) is 17.8 Å². The number of nitrogens with one attached hydrogen (secondary N) is 1. The zero-order valence-electron chi connectivity index (χ0n) is 19.9. The number of ether oxygens (including phenoxy) is 1. The molecule has 0 radical (unpaired) electrons. The van der Waals surface area contributed by atoms with E-state index >= 15 is 0 Å². The number of para-hydroxylation sites is 2. The van der Waals surface area contributed by atoms with E-state index in [2.05, 4.69) is 28.9 Å². The predicted octanol–water partition coefficient (Wildman–Crippen LogP) is 5.03. The molecule has 6 nitrogen and oxygen atoms in total. The van der Waals surface area contributed by atoms with Gasteiger partial charge in [-0.1, -0.05) is 43.7 Å². The number of imidazole rings is 1. The number of methoxy groups -OCH3 is 1. The van der Waals surface area contributed by atoms with Crippen LogP contribution in [0.1, 0.15) is 50.3 Å². The van der Waals surface area contributed by atoms with Crippen LogP contribution in [-0.4, -0.2) is 45.8 Å². The van der Waals surface area contributed by atoms with Crippen LogP contribution in [0.3, 0.4) is 0 Å². The molecule has 0 bridgehead atoms. The first kappa shape index (κ1) is 22.7. The number of aliphatic hydroxyl groups is 1. The highest BCUT2D eigenvalue weighted by Crippen LogP contribution is 2.32. The lowest BCUT2D eigenvalue weighted by Gasteiger charge is -2.40. The van der Waals surface area contributed by atoms with Gasteiger partial charge in [0, 0.05) is 25.2 Å². The van der Waals surface area contributed by atoms with Crippen molar-refractivity contribution >= 4 is 21.8 Å². The first-order valence-electron chi connectivity index (χ1n) is 12.3. The second-order valence-corrected chi connectivity index (χ2v) is 9.36. The summed E-state index contributed by atoms with van der Waals surface area (Å²) in [6.45, 7) is 3.90. The minimum atomic E-state index is -0.557. The number of H-pyrrole nitrogens is 1. The Balaban J connectivity index is 1.34. The molecule has 1 fully saturated rings. The summed E-state index contributed by atoms with van der Waals surface area (Å²) in [5, 5.41) is 13.6. The predicted molar refractivity (Wildman–Crippen MR) is 137 cm³/mol. The third kappa shape index (κ3) is 4.24. The number of piperidine rings is 1. The van der Waals surface area contributed by atoms with E-state index in [4.69, 9.17) is 4.74 Å². The van der Waals surface area contributed by atoms with Crippen molar-refractivity contribution < 1.29 is 9.84 Å². The molecule has 6 heteroatoms. The van der Waals surface area contributed by atoms with Crippen LogP contribution in [-0.2, 0) is 0 Å². The molecule has 0 amide bonds. The van der Waals surface area contributed by atoms with E-state index in [1.165, 1.54) is 0 Å². The topological polar surface area (TPSA) is 70.5 Å². The van der Waals surface area contributed by atoms with E-state index in [0.717, 1.165) is 71.9 Å². The molecule has 2 atom stereocenters. The third-order valence-corrected chi connectivity index (χ3v) is 7.32. The molecule has 5 rings (SSSR count). The normalized spacial score (nSPS) is 17.3. The Morgan fingerprint density at radius 2 is 1.79 bits per heavy atom. The SMILES string of the molecule is CCCC(C(O)c1ccc2cc(OC)ccc2c1)N1CCC(n2c(=O)[nH]c3ccccc32)CC1. The van der Waals surface area contributed by atoms with Crippen LogP contribution in [0.15, 0.2) is 65.5 Å². The molecule has 0 aliphatic carbocycles. The van der Waals surface area contributed by atoms with Crippen LogP contribution in [0, 0.1) is 0 Å². The highest BCUT2D eigenvalue weighted by Gasteiger charge is 2.31. The second-order valence-electron chi connectivity index (χ2n) is 9.36. The summed E-state index contributed by atoms with van der Waals surface area (Å²) in [4.78, 5) is 18.0. The largest absolute Gasteiger partial charge is 0.497 e. The van der Waals surface area contributed by atoms with Gasteiger partial charge in [-0.2, -0.15) is 0 Å². The maximum atomic E-state index is 12.6. The van der Waals surface area contributed by atoms with E-state index in [9.17, 15) is 9.90 Å². The Labute approximate surface area is 199 Å². The molecular weight excluding hydrogens is 426 g/mol. The Bertz CT molecular complexity index is 1330. The van der Waals surface area contributed by atoms with Crippen molar-refractivity contribution in [2.75, 3.05) is 20.2 Å². The van der Waals surface area contributed by atoms with Gasteiger partial charge in [0.05, 0.1) is 24.2 Å². The monoisotopic (exact) mass is 459 g/mol. The molecule has 0 spiro atoms. The van der Waals surface area contributed by atoms with Crippen molar-refractivity contribution in [1.29, 1.82) is 0 Å². The van der Waals surface area contributed by atoms with Gasteiger partial charge in [0.25, 0.3) is 0 Å². The van der Waals surface area contributed by atoms with Crippen LogP contribution >= 0.6 is 0 Å². The average Bonchev–Trinajstić information content (AvgIpc) is 3.22. The molecule has 34 heavy (non-hydrogen) atoms. The number of likely N-dealkylation sites (tertiary alicyclic amines) is 1. The summed E-state index contributed by atoms with van der Waals surface area (Å²) < 4.78 is 7.26. The minimum Gasteiger partial charge on any atom is -0.497 e. The number of nitrogens with zero attached hydrogens (tertiary/aromatic N) is 2. The number of hydrogen-bond donors (Lipinski definition) is 2. The van der Waals surface area contributed by atoms with Crippen LogP contribution in [0.4, 0.5) is 0 Å². The molecule has 178 valence electrons. The molecule has 2 heterocycles. The van der Waals surface area contributed by atoms with Crippen molar-refractivity contribution in [2.45, 2.75) is 50.8 Å². The standard InChI is InChI=1S/C28H33N3O3/c1-3-6-26(27(32)21-10-9-20-18-23(34-2)12-11-19(20)17-21)30-15-13-22(14-16-30)31-25-8-5-4-7-24(25)29-28(31)33/h4-5,7-12,17-18,22,26-27,32H,3,6,13-16H2,1-2H3,(H,29,33). The number of aromatic nitrogens is 2. The van der Waals surface area contributed by atoms with Crippen LogP contribution in [0.25, 0.3) is 21.8 Å². The first-order chi connectivity index (χ1) is 16.6. The highest BCUT2D eigenvalue weighted by molar-refractivity contribution is 5.84. The van der Waals surface area contributed by atoms with Crippen LogP contribution in [0.5, 0.6) is 5.75 Å². The Morgan fingerprint density at radius 3 is 2.56 bits per heavy atom. The van der Waals surface area contributed by atoms with Crippen molar-refractivity contribution in [1.82, 2.24) is 14.5 Å². The van der Waals surface area contributed by atoms with Gasteiger partial charge < -0.3 is 14.8 Å². The summed E-state index contributed by atoms with van der Waals surface area (Å²) in [5.41, 5.74) is 2.79. The summed E-state index contributed by atoms with van der Waals surface area (Å²) in [6, 6.07) is 20.4. The summed E-state index contributed by atoms with van der Waals surface area (Å²) in [5.74, 6) is 0.835. The molecule has 1 aromatic heterocycles. The lowest BCUT2D eigenvalue weighted by Crippen LogP contribution is -2.45. The minimum absolute atomic E-state index is 0.0300. The van der Waals surface area contributed by atoms with Crippen molar-refractivity contribution in [2.24, 2.45) is 0 Å². The molecule has 2 N–H and O–H groups in total. The smallest absolute Gasteiger partial charge is 0.326 e. The Morgan fingerprint density at radius 1 is 1.06 bits per heavy atom. The Kier molecular flexibility index (Phi) is 6.44. The number of hydrogen-bond acceptors (Lipinski definition) is 4. The lowest BCUT2D eigenvalue weighted by atomic mass is 9.93. The first-order valence-corrected chi connectivity index (χ1v) is 12.3. The van der Waals surface area contributed by atoms with Gasteiger partial charge in [-0.15, -0.1) is 0 Å². The zero-order chi connectivity index (χ0) is 23.7. The fraction of sp³-hybridized carbons (Fsp3) is 0.393. The summed E-state index contributed by atoms with van der Waals surface area (Å²) >= 11 is 0. The molecule has 2 unspecified atom stereocenters. The number of aliphatic hydroxyl groups excluding tert-OH is 1. The van der Waals surface area contributed by atoms with E-state index in [1.807, 2.05) is 53.1 Å². The summed E-state index contributed by atoms with van der Waals surface area (Å²) in [6.07, 6.45) is 3.17. The van der Waals surface area contributed by atoms with E-state index in [0.29, 0.717) is 0 Å². The van der Waals surface area contributed by atoms with Gasteiger partial charge in [0.2, 0.25) is 0 Å². The molecule has 4 aromatic rings. The number of benzene rings is 3. The summed E-state index contributed by atoms with van der Waals surface area (Å²) in [7, 11) is 1.67. The molecule has 1 aliphatic heterocycles. The van der Waals surface area contributed by atoms with Gasteiger partial charge in [-0.3, -0.25) is 9.47 Å². The van der Waals surface area contributed by atoms with Crippen LogP contribution in [0.2, 0.25) is 0 Å². The maximum absolute atomic E-state index is 12.6. The molecule has 1 aliphatic rings. The van der Waals surface area contributed by atoms with E-state index in [1.54, 1.807) is 7.11 Å². The number of rotatable bonds is 7. The Hall–Kier alpha value is -3.09. The quantitative estimate of drug-likeness (QED) is 0.407. The van der Waals surface area contributed by atoms with Gasteiger partial charge in [-0.25, -0.2) is 4.79 Å². The molecule has 3 aromatic carbocycles. The number of aromatic amines is 1. The third-order valence-electron chi connectivity index (χ3n) is 7.32. The van der Waals surface area contributed by atoms with Crippen molar-refractivity contribution in [3.05, 3.63) is 76.7 Å². The fourth-order valence-electron chi connectivity index (χ4n) is 5.52. The van der Waals surface area contributed by atoms with Gasteiger partial charge in [0.15, 0.2) is 0 Å². The van der Waals surface area contributed by atoms with E-state index < -0.39 is 6.10 Å². The number of fused-ring (bicyclic) bond motifs is 2. The maximum Gasteiger partial charge on any atom is 0.326 e. The van der Waals surface area contributed by atoms with Gasteiger partial charge >= 0.3 is 5.69 Å². The van der Waals surface area contributed by atoms with Gasteiger partial charge in [-0.05, 0) is 65.9 Å². The molecule has 0 saturated carbocycles. The molecule has 1 saturated heterocycles. The van der Waals surface area contributed by atoms with Crippen molar-refractivity contribution in [3.8, 4) is 5.75 Å². The van der Waals surface area contributed by atoms with Crippen LogP contribution < -0.4 is 10.4 Å². The zero-order valence-corrected chi connectivity index (χ0v) is 19.9. The lowest BCUT2D eigenvalue weighted by molar-refractivity contribution is 0.0244. The highest BCUT2D eigenvalue weighted by atomic mass is 16.5. The molecular formula is C28H33N3O3.